The van der Waals surface area contributed by atoms with E-state index in [4.69, 9.17) is 16.3 Å². The molecule has 1 aromatic heterocycles. The van der Waals surface area contributed by atoms with Gasteiger partial charge in [0.1, 0.15) is 5.56 Å². The number of carbonyl (C=O) groups is 1. The number of hydrogen-bond acceptors (Lipinski definition) is 7. The van der Waals surface area contributed by atoms with Gasteiger partial charge in [-0.25, -0.2) is 13.1 Å². The molecule has 0 bridgehead atoms. The van der Waals surface area contributed by atoms with E-state index in [1.54, 1.807) is 11.8 Å². The van der Waals surface area contributed by atoms with Gasteiger partial charge in [0.05, 0.1) is 35.0 Å². The largest absolute Gasteiger partial charge is 0.493 e. The molecular weight excluding hydrogens is 394 g/mol. The van der Waals surface area contributed by atoms with Crippen LogP contribution in [0.25, 0.3) is 0 Å². The second-order valence-corrected chi connectivity index (χ2v) is 8.53. The number of ketones is 1. The molecule has 1 fully saturated rings. The van der Waals surface area contributed by atoms with Crippen molar-refractivity contribution >= 4 is 32.9 Å². The topological polar surface area (TPSA) is 102 Å². The number of anilines is 1. The number of benzene rings is 1. The maximum atomic E-state index is 12.9. The number of hydrogen-bond donors (Lipinski definition) is 1. The van der Waals surface area contributed by atoms with E-state index in [0.29, 0.717) is 32.8 Å². The zero-order valence-corrected chi connectivity index (χ0v) is 16.5. The number of aromatic nitrogens is 2. The lowest BCUT2D eigenvalue weighted by molar-refractivity contribution is 0.103. The summed E-state index contributed by atoms with van der Waals surface area (Å²) in [7, 11) is -3.56. The van der Waals surface area contributed by atoms with Gasteiger partial charge in [0.25, 0.3) is 0 Å². The van der Waals surface area contributed by atoms with E-state index in [2.05, 4.69) is 5.10 Å². The molecule has 0 aliphatic carbocycles. The van der Waals surface area contributed by atoms with Crippen molar-refractivity contribution in [3.63, 3.8) is 0 Å². The minimum absolute atomic E-state index is 0.0128. The van der Waals surface area contributed by atoms with Gasteiger partial charge < -0.3 is 14.7 Å². The number of nitrogens with zero attached hydrogens (tertiary/aromatic N) is 3. The number of morpholine rings is 1. The fourth-order valence-electron chi connectivity index (χ4n) is 3.02. The van der Waals surface area contributed by atoms with Gasteiger partial charge >= 0.3 is 0 Å². The van der Waals surface area contributed by atoms with Crippen LogP contribution in [0.15, 0.2) is 23.2 Å². The third-order valence-electron chi connectivity index (χ3n) is 4.41. The second kappa shape index (κ2) is 7.49. The molecule has 1 saturated heterocycles. The molecule has 3 rings (SSSR count). The van der Waals surface area contributed by atoms with Crippen molar-refractivity contribution in [1.29, 1.82) is 0 Å². The van der Waals surface area contributed by atoms with Gasteiger partial charge in [-0.3, -0.25) is 4.79 Å². The smallest absolute Gasteiger partial charge is 0.220 e. The van der Waals surface area contributed by atoms with Crippen LogP contribution >= 0.6 is 11.6 Å². The molecule has 0 spiro atoms. The van der Waals surface area contributed by atoms with E-state index in [9.17, 15) is 18.3 Å². The van der Waals surface area contributed by atoms with Crippen LogP contribution in [-0.4, -0.2) is 61.6 Å². The Hall–Kier alpha value is -2.10. The van der Waals surface area contributed by atoms with Crippen molar-refractivity contribution in [3.05, 3.63) is 34.5 Å². The van der Waals surface area contributed by atoms with Crippen molar-refractivity contribution in [1.82, 2.24) is 9.78 Å². The zero-order valence-electron chi connectivity index (χ0n) is 15.0. The first kappa shape index (κ1) is 19.7. The Bertz CT molecular complexity index is 981. The lowest BCUT2D eigenvalue weighted by atomic mass is 10.0. The molecule has 2 heterocycles. The van der Waals surface area contributed by atoms with Crippen LogP contribution in [-0.2, 0) is 21.1 Å². The van der Waals surface area contributed by atoms with Gasteiger partial charge in [0.15, 0.2) is 9.84 Å². The number of carbonyl (C=O) groups excluding carboxylic acids is 1. The summed E-state index contributed by atoms with van der Waals surface area (Å²) in [5.41, 5.74) is 0.408. The first-order valence-corrected chi connectivity index (χ1v) is 10.7. The molecule has 2 aromatic rings. The maximum absolute atomic E-state index is 12.9. The summed E-state index contributed by atoms with van der Waals surface area (Å²) in [6, 6.07) is 2.74. The van der Waals surface area contributed by atoms with E-state index < -0.39 is 15.6 Å². The van der Waals surface area contributed by atoms with E-state index >= 15 is 0 Å². The average Bonchev–Trinajstić information content (AvgIpc) is 3.01. The minimum Gasteiger partial charge on any atom is -0.493 e. The normalized spacial score (nSPS) is 15.1. The summed E-state index contributed by atoms with van der Waals surface area (Å²) in [6.07, 6.45) is 2.37. The molecule has 0 unspecified atom stereocenters. The highest BCUT2D eigenvalue weighted by atomic mass is 35.5. The van der Waals surface area contributed by atoms with E-state index in [-0.39, 0.29) is 32.6 Å². The van der Waals surface area contributed by atoms with Crippen LogP contribution in [0.1, 0.15) is 22.8 Å². The molecule has 1 aliphatic rings. The van der Waals surface area contributed by atoms with Gasteiger partial charge in [-0.05, 0) is 19.1 Å². The fourth-order valence-corrected chi connectivity index (χ4v) is 4.34. The predicted molar refractivity (Wildman–Crippen MR) is 101 cm³/mol. The third kappa shape index (κ3) is 3.67. The summed E-state index contributed by atoms with van der Waals surface area (Å²) in [5, 5.41) is 14.2. The number of aryl methyl sites for hydroxylation is 1. The fraction of sp³-hybridized carbons (Fsp3) is 0.412. The third-order valence-corrected chi connectivity index (χ3v) is 5.92. The summed E-state index contributed by atoms with van der Waals surface area (Å²) in [4.78, 5) is 14.8. The summed E-state index contributed by atoms with van der Waals surface area (Å²) in [6.45, 7) is 3.96. The van der Waals surface area contributed by atoms with Crippen LogP contribution in [0.3, 0.4) is 0 Å². The monoisotopic (exact) mass is 413 g/mol. The first-order valence-electron chi connectivity index (χ1n) is 8.40. The molecule has 27 heavy (non-hydrogen) atoms. The van der Waals surface area contributed by atoms with Crippen LogP contribution in [0.4, 0.5) is 5.69 Å². The van der Waals surface area contributed by atoms with Gasteiger partial charge in [0.2, 0.25) is 11.7 Å². The number of halogens is 1. The Morgan fingerprint density at radius 2 is 1.96 bits per heavy atom. The molecular formula is C17H20ClN3O5S. The van der Waals surface area contributed by atoms with Crippen LogP contribution in [0, 0.1) is 0 Å². The summed E-state index contributed by atoms with van der Waals surface area (Å²) < 4.78 is 31.1. The highest BCUT2D eigenvalue weighted by molar-refractivity contribution is 7.90. The maximum Gasteiger partial charge on any atom is 0.220 e. The Morgan fingerprint density at radius 3 is 2.52 bits per heavy atom. The van der Waals surface area contributed by atoms with Crippen LogP contribution in [0.2, 0.25) is 5.02 Å². The summed E-state index contributed by atoms with van der Waals surface area (Å²) >= 11 is 6.51. The molecule has 0 saturated carbocycles. The Labute approximate surface area is 162 Å². The first-order chi connectivity index (χ1) is 12.8. The molecule has 146 valence electrons. The molecule has 8 nitrogen and oxygen atoms in total. The molecule has 1 aliphatic heterocycles. The lowest BCUT2D eigenvalue weighted by Crippen LogP contribution is -2.37. The summed E-state index contributed by atoms with van der Waals surface area (Å²) in [5.74, 6) is -0.773. The number of rotatable bonds is 5. The number of sulfone groups is 1. The van der Waals surface area contributed by atoms with Crippen molar-refractivity contribution in [2.45, 2.75) is 18.4 Å². The van der Waals surface area contributed by atoms with Gasteiger partial charge in [0, 0.05) is 31.5 Å². The van der Waals surface area contributed by atoms with Gasteiger partial charge in [-0.15, -0.1) is 0 Å². The Kier molecular flexibility index (Phi) is 5.45. The zero-order chi connectivity index (χ0) is 19.8. The number of ether oxygens (including phenoxy) is 1. The Balaban J connectivity index is 2.14. The molecule has 0 radical (unpaired) electrons. The van der Waals surface area contributed by atoms with Crippen molar-refractivity contribution in [2.24, 2.45) is 0 Å². The SMILES string of the molecule is CCn1ncc(C(=O)c2ccc(S(C)(=O)=O)c(N3CCOCC3)c2Cl)c1O. The average molecular weight is 414 g/mol. The molecule has 0 atom stereocenters. The predicted octanol–water partition coefficient (Wildman–Crippen LogP) is 1.73. The van der Waals surface area contributed by atoms with Gasteiger partial charge in [-0.2, -0.15) is 5.10 Å². The molecule has 0 amide bonds. The highest BCUT2D eigenvalue weighted by Gasteiger charge is 2.28. The minimum atomic E-state index is -3.56. The molecule has 1 aromatic carbocycles. The standard InChI is InChI=1S/C17H20ClN3O5S/c1-3-21-17(23)12(10-19-21)16(22)11-4-5-13(27(2,24)25)15(14(11)18)20-6-8-26-9-7-20/h4-5,10,23H,3,6-9H2,1-2H3. The highest BCUT2D eigenvalue weighted by Crippen LogP contribution is 2.38. The van der Waals surface area contributed by atoms with E-state index in [1.807, 2.05) is 0 Å². The molecule has 1 N–H and O–H groups in total. The van der Waals surface area contributed by atoms with Crippen LogP contribution in [0.5, 0.6) is 5.88 Å². The number of aromatic hydroxyl groups is 1. The van der Waals surface area contributed by atoms with E-state index in [0.717, 1.165) is 6.26 Å². The van der Waals surface area contributed by atoms with Gasteiger partial charge in [-0.1, -0.05) is 11.6 Å². The van der Waals surface area contributed by atoms with Crippen molar-refractivity contribution < 1.29 is 23.1 Å². The lowest BCUT2D eigenvalue weighted by Gasteiger charge is -2.31. The quantitative estimate of drug-likeness (QED) is 0.744. The molecule has 10 heteroatoms. The van der Waals surface area contributed by atoms with E-state index in [1.165, 1.54) is 23.0 Å². The Morgan fingerprint density at radius 1 is 1.30 bits per heavy atom. The van der Waals surface area contributed by atoms with Crippen molar-refractivity contribution in [2.75, 3.05) is 37.5 Å². The van der Waals surface area contributed by atoms with Crippen molar-refractivity contribution in [3.8, 4) is 5.88 Å². The second-order valence-electron chi connectivity index (χ2n) is 6.17. The van der Waals surface area contributed by atoms with Crippen LogP contribution < -0.4 is 4.90 Å².